The van der Waals surface area contributed by atoms with Gasteiger partial charge in [-0.2, -0.15) is 8.61 Å². The van der Waals surface area contributed by atoms with Gasteiger partial charge >= 0.3 is 24.1 Å². The molecule has 20 nitrogen and oxygen atoms in total. The quantitative estimate of drug-likeness (QED) is 0.116. The smallest absolute Gasteiger partial charge is 0.415 e. The molecule has 0 aliphatic carbocycles. The van der Waals surface area contributed by atoms with E-state index in [1.54, 1.807) is 76.2 Å². The second-order valence-corrected chi connectivity index (χ2v) is 26.2. The zero-order chi connectivity index (χ0) is 53.9. The van der Waals surface area contributed by atoms with Gasteiger partial charge in [-0.25, -0.2) is 36.0 Å². The number of carbonyl (C=O) groups excluding carboxylic acids is 4. The van der Waals surface area contributed by atoms with Gasteiger partial charge in [0, 0.05) is 48.5 Å². The maximum absolute atomic E-state index is 13.7. The molecule has 3 aliphatic rings. The third-order valence-corrected chi connectivity index (χ3v) is 19.7. The Hall–Kier alpha value is -6.18. The van der Waals surface area contributed by atoms with Crippen molar-refractivity contribution < 1.29 is 65.3 Å². The summed E-state index contributed by atoms with van der Waals surface area (Å²) in [7, 11) is -8.19. The molecular formula is C50H58N6O14S4. The molecule has 4 N–H and O–H groups in total. The lowest BCUT2D eigenvalue weighted by Crippen LogP contribution is -2.56. The van der Waals surface area contributed by atoms with Crippen molar-refractivity contribution in [3.05, 3.63) is 119 Å². The minimum absolute atomic E-state index is 0.000625. The molecule has 0 unspecified atom stereocenters. The normalized spacial score (nSPS) is 19.8. The molecule has 396 valence electrons. The third-order valence-electron chi connectivity index (χ3n) is 12.9. The fourth-order valence-corrected chi connectivity index (χ4v) is 15.0. The number of nitrogens with zero attached hydrogens (tertiary/aromatic N) is 4. The molecule has 0 spiro atoms. The molecule has 7 rings (SSSR count). The molecule has 0 radical (unpaired) electrons. The summed E-state index contributed by atoms with van der Waals surface area (Å²) < 4.78 is 66.1. The van der Waals surface area contributed by atoms with Crippen molar-refractivity contribution in [1.29, 1.82) is 0 Å². The number of aliphatic carboxylic acids is 2. The summed E-state index contributed by atoms with van der Waals surface area (Å²) in [6.07, 6.45) is -1.69. The van der Waals surface area contributed by atoms with E-state index < -0.39 is 89.6 Å². The number of rotatable bonds is 16. The Balaban J connectivity index is 0.873. The maximum atomic E-state index is 13.7. The number of aryl methyl sites for hydroxylation is 2. The van der Waals surface area contributed by atoms with E-state index in [-0.39, 0.29) is 72.1 Å². The minimum Gasteiger partial charge on any atom is -0.480 e. The predicted molar refractivity (Wildman–Crippen MR) is 276 cm³/mol. The van der Waals surface area contributed by atoms with Crippen LogP contribution in [0.4, 0.5) is 9.59 Å². The summed E-state index contributed by atoms with van der Waals surface area (Å²) in [6, 6.07) is 19.4. The van der Waals surface area contributed by atoms with Gasteiger partial charge in [0.2, 0.25) is 31.9 Å². The standard InChI is InChI=1S/C50H58N6O14S4/c1-31-7-19-37(20-8-31)73(65,66)55-29-71-49(3,4)41(55)43(57)51-39(45(59)60)27-33-11-15-35(16-12-33)69-47(63)53-23-25-54(26-24-53)48(64)70-36-17-13-34(14-18-36)28-40(46(61)62)52-44(58)42-50(5,6)72-30-56(42)74(67,68)38-21-9-32(2)10-22-38/h7-22,39-42H,23-30H2,1-6H3,(H,51,57)(H,52,58)(H,59,60)(H,61,62)/t39-,40-,41+,42+/m0/s1. The first-order valence-corrected chi connectivity index (χ1v) is 28.2. The summed E-state index contributed by atoms with van der Waals surface area (Å²) in [5.41, 5.74) is 2.70. The molecule has 0 saturated carbocycles. The maximum Gasteiger partial charge on any atom is 0.415 e. The van der Waals surface area contributed by atoms with Gasteiger partial charge in [-0.15, -0.1) is 23.5 Å². The molecular weight excluding hydrogens is 1040 g/mol. The Kier molecular flexibility index (Phi) is 16.8. The SMILES string of the molecule is Cc1ccc(S(=O)(=O)N2CSC(C)(C)[C@H]2C(=O)N[C@@H](Cc2ccc(OC(=O)N3CCN(C(=O)Oc4ccc(C[C@H](NC(=O)[C@H]5N(S(=O)(=O)c6ccc(C)cc6)CSC5(C)C)C(=O)O)cc4)CC3)cc2)C(=O)O)cc1. The van der Waals surface area contributed by atoms with Crippen molar-refractivity contribution in [3.8, 4) is 11.5 Å². The van der Waals surface area contributed by atoms with Gasteiger partial charge in [0.05, 0.1) is 21.5 Å². The third kappa shape index (κ3) is 12.7. The van der Waals surface area contributed by atoms with Crippen LogP contribution in [-0.4, -0.2) is 153 Å². The lowest BCUT2D eigenvalue weighted by atomic mass is 10.0. The second-order valence-electron chi connectivity index (χ2n) is 19.2. The van der Waals surface area contributed by atoms with E-state index in [4.69, 9.17) is 9.47 Å². The minimum atomic E-state index is -4.09. The number of carboxylic acids is 2. The van der Waals surface area contributed by atoms with Crippen molar-refractivity contribution >= 4 is 79.5 Å². The van der Waals surface area contributed by atoms with E-state index in [1.165, 1.54) is 81.9 Å². The van der Waals surface area contributed by atoms with E-state index in [2.05, 4.69) is 10.6 Å². The molecule has 74 heavy (non-hydrogen) atoms. The number of hydrogen-bond donors (Lipinski definition) is 4. The Morgan fingerprint density at radius 1 is 0.554 bits per heavy atom. The van der Waals surface area contributed by atoms with Crippen LogP contribution in [0, 0.1) is 13.8 Å². The second kappa shape index (κ2) is 22.3. The molecule has 4 atom stereocenters. The van der Waals surface area contributed by atoms with E-state index in [1.807, 2.05) is 13.8 Å². The zero-order valence-electron chi connectivity index (χ0n) is 41.4. The van der Waals surface area contributed by atoms with Gasteiger partial charge in [0.15, 0.2) is 0 Å². The number of thioether (sulfide) groups is 2. The van der Waals surface area contributed by atoms with Crippen LogP contribution in [0.2, 0.25) is 0 Å². The summed E-state index contributed by atoms with van der Waals surface area (Å²) in [6.45, 7) is 11.0. The lowest BCUT2D eigenvalue weighted by Gasteiger charge is -2.33. The van der Waals surface area contributed by atoms with E-state index >= 15 is 0 Å². The van der Waals surface area contributed by atoms with Gasteiger partial charge in [-0.1, -0.05) is 59.7 Å². The summed E-state index contributed by atoms with van der Waals surface area (Å²) >= 11 is 2.54. The number of carbonyl (C=O) groups is 6. The largest absolute Gasteiger partial charge is 0.480 e. The predicted octanol–water partition coefficient (Wildman–Crippen LogP) is 4.93. The summed E-state index contributed by atoms with van der Waals surface area (Å²) in [5.74, 6) is -3.84. The van der Waals surface area contributed by atoms with Crippen LogP contribution >= 0.6 is 23.5 Å². The molecule has 3 saturated heterocycles. The van der Waals surface area contributed by atoms with Gasteiger partial charge in [-0.05, 0) is 101 Å². The molecule has 4 aromatic rings. The zero-order valence-corrected chi connectivity index (χ0v) is 44.7. The lowest BCUT2D eigenvalue weighted by molar-refractivity contribution is -0.142. The van der Waals surface area contributed by atoms with Gasteiger partial charge in [0.1, 0.15) is 35.7 Å². The van der Waals surface area contributed by atoms with E-state index in [0.717, 1.165) is 19.7 Å². The van der Waals surface area contributed by atoms with E-state index in [0.29, 0.717) is 11.1 Å². The fraction of sp³-hybridized carbons (Fsp3) is 0.400. The molecule has 4 amide bonds. The van der Waals surface area contributed by atoms with Crippen LogP contribution in [-0.2, 0) is 52.1 Å². The first-order valence-electron chi connectivity index (χ1n) is 23.4. The first-order chi connectivity index (χ1) is 34.8. The Labute approximate surface area is 438 Å². The highest BCUT2D eigenvalue weighted by atomic mass is 32.2. The van der Waals surface area contributed by atoms with Gasteiger partial charge < -0.3 is 40.1 Å². The first kappa shape index (κ1) is 55.6. The van der Waals surface area contributed by atoms with Crippen LogP contribution < -0.4 is 20.1 Å². The highest BCUT2D eigenvalue weighted by Crippen LogP contribution is 2.43. The van der Waals surface area contributed by atoms with Crippen molar-refractivity contribution in [2.24, 2.45) is 0 Å². The molecule has 4 aromatic carbocycles. The number of nitrogens with one attached hydrogen (secondary N) is 2. The molecule has 3 heterocycles. The number of carboxylic acid groups (broad SMARTS) is 2. The number of benzene rings is 4. The van der Waals surface area contributed by atoms with Gasteiger partial charge in [-0.3, -0.25) is 9.59 Å². The summed E-state index contributed by atoms with van der Waals surface area (Å²) in [4.78, 5) is 81.3. The van der Waals surface area contributed by atoms with Crippen molar-refractivity contribution in [2.75, 3.05) is 37.9 Å². The molecule has 0 aromatic heterocycles. The average molecular weight is 1100 g/mol. The van der Waals surface area contributed by atoms with Crippen molar-refractivity contribution in [3.63, 3.8) is 0 Å². The Morgan fingerprint density at radius 3 is 1.16 bits per heavy atom. The van der Waals surface area contributed by atoms with Crippen molar-refractivity contribution in [1.82, 2.24) is 29.0 Å². The fourth-order valence-electron chi connectivity index (χ4n) is 8.62. The number of piperazine rings is 1. The monoisotopic (exact) mass is 1090 g/mol. The van der Waals surface area contributed by atoms with Crippen LogP contribution in [0.3, 0.4) is 0 Å². The Morgan fingerprint density at radius 2 is 0.865 bits per heavy atom. The Bertz CT molecular complexity index is 2780. The topological polar surface area (TPSA) is 267 Å². The number of sulfonamides is 2. The van der Waals surface area contributed by atoms with E-state index in [9.17, 15) is 55.8 Å². The molecule has 24 heteroatoms. The van der Waals surface area contributed by atoms with Gasteiger partial charge in [0.25, 0.3) is 0 Å². The van der Waals surface area contributed by atoms with Crippen LogP contribution in [0.25, 0.3) is 0 Å². The molecule has 0 bridgehead atoms. The number of amides is 4. The molecule has 3 aliphatic heterocycles. The van der Waals surface area contributed by atoms with Crippen molar-refractivity contribution in [2.45, 2.75) is 97.8 Å². The highest BCUT2D eigenvalue weighted by Gasteiger charge is 2.53. The van der Waals surface area contributed by atoms with Crippen LogP contribution in [0.15, 0.2) is 107 Å². The number of ether oxygens (including phenoxy) is 2. The van der Waals surface area contributed by atoms with Crippen LogP contribution in [0.5, 0.6) is 11.5 Å². The molecule has 3 fully saturated rings. The average Bonchev–Trinajstić information content (AvgIpc) is 3.87. The number of hydrogen-bond acceptors (Lipinski definition) is 14. The summed E-state index contributed by atoms with van der Waals surface area (Å²) in [5, 5.41) is 25.3. The van der Waals surface area contributed by atoms with Crippen LogP contribution in [0.1, 0.15) is 49.9 Å². The highest BCUT2D eigenvalue weighted by molar-refractivity contribution is 8.02.